The molecule has 1 aromatic rings. The molecule has 0 radical (unpaired) electrons. The topological polar surface area (TPSA) is 749 Å². The van der Waals surface area contributed by atoms with E-state index < -0.39 is 188 Å². The highest BCUT2D eigenvalue weighted by Crippen LogP contribution is 2.11. The van der Waals surface area contributed by atoms with Crippen molar-refractivity contribution in [2.24, 2.45) is 61.6 Å². The number of nitrogens with two attached hydrogens (primary N) is 9. The van der Waals surface area contributed by atoms with E-state index in [9.17, 15) is 87.2 Å². The van der Waals surface area contributed by atoms with Gasteiger partial charge < -0.3 is 136 Å². The second-order valence-corrected chi connectivity index (χ2v) is 23.0. The molecule has 0 aromatic carbocycles. The number of aliphatic hydroxyl groups is 1. The fourth-order valence-electron chi connectivity index (χ4n) is 9.09. The number of hydrogen-bond acceptors (Lipinski definition) is 22. The molecule has 0 saturated heterocycles. The number of carbonyl (C=O) groups excluding carboxylic acids is 13. The number of nitrogens with one attached hydrogen (secondary N) is 13. The zero-order valence-corrected chi connectivity index (χ0v) is 56.0. The highest BCUT2D eigenvalue weighted by Gasteiger charge is 2.35. The lowest BCUT2D eigenvalue weighted by Gasteiger charge is -2.27. The number of aromatic amines is 1. The molecule has 1 aromatic heterocycles. The highest BCUT2D eigenvalue weighted by atomic mass is 16.4. The third kappa shape index (κ3) is 37.2. The first-order valence-electron chi connectivity index (χ1n) is 32.1. The van der Waals surface area contributed by atoms with Gasteiger partial charge >= 0.3 is 18.0 Å². The minimum Gasteiger partial charge on any atom is -0.481 e. The van der Waals surface area contributed by atoms with Gasteiger partial charge in [-0.1, -0.05) is 0 Å². The molecule has 0 aliphatic carbocycles. The van der Waals surface area contributed by atoms with Gasteiger partial charge in [0.2, 0.25) is 70.9 Å². The van der Waals surface area contributed by atoms with Crippen LogP contribution in [0, 0.1) is 0 Å². The number of aromatic nitrogens is 2. The number of carboxylic acids is 2. The van der Waals surface area contributed by atoms with Crippen molar-refractivity contribution in [3.63, 3.8) is 0 Å². The van der Waals surface area contributed by atoms with Gasteiger partial charge in [0.15, 0.2) is 11.9 Å². The van der Waals surface area contributed by atoms with Crippen molar-refractivity contribution in [3.8, 4) is 0 Å². The second-order valence-electron chi connectivity index (χ2n) is 23.0. The number of aliphatic imine (C=N–C) groups is 2. The summed E-state index contributed by atoms with van der Waals surface area (Å²) in [6.45, 7) is 0.516. The Balaban J connectivity index is 3.58. The van der Waals surface area contributed by atoms with Gasteiger partial charge in [0.05, 0.1) is 25.5 Å². The molecular formula is C57H101N25O18. The average molecular weight is 1420 g/mol. The van der Waals surface area contributed by atoms with Crippen LogP contribution in [0.4, 0.5) is 4.79 Å². The van der Waals surface area contributed by atoms with Crippen molar-refractivity contribution in [1.82, 2.24) is 73.8 Å². The van der Waals surface area contributed by atoms with E-state index in [0.29, 0.717) is 18.5 Å². The summed E-state index contributed by atoms with van der Waals surface area (Å²) in [5, 5.41) is 57.9. The first-order valence-corrected chi connectivity index (χ1v) is 32.1. The summed E-state index contributed by atoms with van der Waals surface area (Å²) in [5.74, 6) is -15.3. The van der Waals surface area contributed by atoms with E-state index in [4.69, 9.17) is 51.6 Å². The molecule has 100 heavy (non-hydrogen) atoms. The molecule has 0 aliphatic rings. The lowest BCUT2D eigenvalue weighted by Crippen LogP contribution is -2.60. The number of nitrogens with zero attached hydrogens (tertiary/aromatic N) is 3. The second kappa shape index (κ2) is 48.2. The number of carbonyl (C=O) groups is 15. The molecule has 0 aliphatic heterocycles. The molecule has 43 nitrogen and oxygen atoms in total. The van der Waals surface area contributed by atoms with E-state index in [2.05, 4.69) is 83.8 Å². The summed E-state index contributed by atoms with van der Waals surface area (Å²) in [5.41, 5.74) is 50.4. The van der Waals surface area contributed by atoms with Gasteiger partial charge in [0.25, 0.3) is 0 Å². The Morgan fingerprint density at radius 3 is 1.29 bits per heavy atom. The highest BCUT2D eigenvalue weighted by molar-refractivity contribution is 5.99. The minimum absolute atomic E-state index is 0.00695. The zero-order chi connectivity index (χ0) is 75.4. The van der Waals surface area contributed by atoms with Crippen LogP contribution in [0.15, 0.2) is 22.5 Å². The maximum atomic E-state index is 14.4. The summed E-state index contributed by atoms with van der Waals surface area (Å²) in [6.07, 6.45) is 0.667. The quantitative estimate of drug-likeness (QED) is 0.0164. The van der Waals surface area contributed by atoms with Crippen molar-refractivity contribution in [3.05, 3.63) is 18.2 Å². The summed E-state index contributed by atoms with van der Waals surface area (Å²) < 4.78 is 0. The van der Waals surface area contributed by atoms with E-state index in [1.165, 1.54) is 26.4 Å². The van der Waals surface area contributed by atoms with Crippen LogP contribution in [-0.2, 0) is 73.5 Å². The van der Waals surface area contributed by atoms with Gasteiger partial charge in [0.1, 0.15) is 60.4 Å². The summed E-state index contributed by atoms with van der Waals surface area (Å²) in [6, 6.07) is -17.5. The number of aliphatic carboxylic acids is 2. The van der Waals surface area contributed by atoms with Crippen LogP contribution in [0.25, 0.3) is 0 Å². The monoisotopic (exact) mass is 1420 g/mol. The number of rotatable bonds is 52. The van der Waals surface area contributed by atoms with Gasteiger partial charge in [-0.2, -0.15) is 0 Å². The number of carboxylic acid groups (broad SMARTS) is 2. The molecule has 1 rings (SSSR count). The molecule has 0 bridgehead atoms. The van der Waals surface area contributed by atoms with E-state index in [0.717, 1.165) is 0 Å². The molecule has 0 spiro atoms. The Morgan fingerprint density at radius 1 is 0.470 bits per heavy atom. The number of unbranched alkanes of at least 4 members (excludes halogenated alkanes) is 2. The molecule has 34 N–H and O–H groups in total. The number of primary amides is 2. The van der Waals surface area contributed by atoms with E-state index in [-0.39, 0.29) is 122 Å². The molecule has 0 unspecified atom stereocenters. The lowest BCUT2D eigenvalue weighted by atomic mass is 10.0. The third-order valence-electron chi connectivity index (χ3n) is 14.6. The van der Waals surface area contributed by atoms with Crippen LogP contribution in [0.5, 0.6) is 0 Å². The van der Waals surface area contributed by atoms with Gasteiger partial charge in [-0.3, -0.25) is 77.1 Å². The van der Waals surface area contributed by atoms with Gasteiger partial charge in [0, 0.05) is 50.8 Å². The number of aliphatic hydroxyl groups excluding tert-OH is 1. The molecule has 43 heteroatoms. The summed E-state index contributed by atoms with van der Waals surface area (Å²) in [7, 11) is 0. The fourth-order valence-corrected chi connectivity index (χ4v) is 9.09. The number of imidazole rings is 1. The molecule has 11 atom stereocenters. The Kier molecular flexibility index (Phi) is 42.2. The SMILES string of the molecule is C[C@H](NC(=O)[C@H](C)NC(=O)[C@H](CCCN=C(N)N)NC(=O)[C@H](CO)NC(=O)[C@H](CCCCN)NC(=O)CNC(=O)[C@H](CCCNC(N)=O)NC(=O)[C@H](CCCN=C(N)N)NC(=O)[C@H](CCCCN)NC(=O)[C@H](CCC(=O)O)NC(=O)[C@H](CCC(N)=O)NC(=O)[C@@H](N)Cc1cnc[nH]1)C(=O)O. The van der Waals surface area contributed by atoms with Crippen molar-refractivity contribution in [1.29, 1.82) is 0 Å². The Bertz CT molecular complexity index is 2930. The predicted octanol–water partition coefficient (Wildman–Crippen LogP) is -10.7. The van der Waals surface area contributed by atoms with Crippen LogP contribution >= 0.6 is 0 Å². The maximum absolute atomic E-state index is 14.4. The van der Waals surface area contributed by atoms with E-state index in [1.807, 2.05) is 0 Å². The van der Waals surface area contributed by atoms with E-state index in [1.54, 1.807) is 0 Å². The Labute approximate surface area is 575 Å². The standard InChI is InChI=1S/C57H101N25O18/c1-29(44(88)74-30(2)54(98)99)73-47(91)36(13-7-21-68-55(62)63)80-53(97)40(27-83)82-48(92)34(10-3-5-19-58)75-42(85)26-71-46(90)33(12-9-23-70-57(66)100)77-50(94)37(14-8-22-69-56(64)65)79-49(93)35(11-4-6-20-59)78-52(96)39(16-18-43(86)87)81-51(95)38(15-17-41(61)84)76-45(89)32(60)24-31-25-67-28-72-31/h25,28-30,32-40,83H,3-24,26-27,58-60H2,1-2H3,(H2,61,84)(H,67,72)(H,71,90)(H,73,91)(H,74,88)(H,75,85)(H,76,89)(H,77,94)(H,78,96)(H,79,93)(H,80,97)(H,81,95)(H,82,92)(H,86,87)(H,98,99)(H4,62,63,68)(H4,64,65,69)(H3,66,70,100)/t29-,30-,32-,33-,34-,35-,36-,37-,38-,39-,40-/m0/s1. The van der Waals surface area contributed by atoms with Crippen molar-refractivity contribution < 1.29 is 87.2 Å². The number of urea groups is 1. The van der Waals surface area contributed by atoms with Gasteiger partial charge in [-0.15, -0.1) is 0 Å². The van der Waals surface area contributed by atoms with Gasteiger partial charge in [-0.05, 0) is 117 Å². The number of guanidine groups is 2. The average Bonchev–Trinajstić information content (AvgIpc) is 0.969. The number of H-pyrrole nitrogens is 1. The Hall–Kier alpha value is -10.6. The molecule has 1 heterocycles. The minimum atomic E-state index is -1.78. The first-order chi connectivity index (χ1) is 47.2. The van der Waals surface area contributed by atoms with Crippen LogP contribution in [0.2, 0.25) is 0 Å². The summed E-state index contributed by atoms with van der Waals surface area (Å²) in [4.78, 5) is 212. The maximum Gasteiger partial charge on any atom is 0.325 e. The first kappa shape index (κ1) is 87.5. The normalized spacial score (nSPS) is 14.1. The summed E-state index contributed by atoms with van der Waals surface area (Å²) >= 11 is 0. The number of hydrogen-bond donors (Lipinski definition) is 25. The lowest BCUT2D eigenvalue weighted by molar-refractivity contribution is -0.141. The van der Waals surface area contributed by atoms with Crippen LogP contribution in [-0.4, -0.2) is 238 Å². The van der Waals surface area contributed by atoms with Crippen molar-refractivity contribution >= 4 is 101 Å². The predicted molar refractivity (Wildman–Crippen MR) is 356 cm³/mol. The zero-order valence-electron chi connectivity index (χ0n) is 56.0. The van der Waals surface area contributed by atoms with E-state index >= 15 is 0 Å². The van der Waals surface area contributed by atoms with Crippen LogP contribution in [0.1, 0.15) is 122 Å². The van der Waals surface area contributed by atoms with Gasteiger partial charge in [-0.25, -0.2) is 9.78 Å². The van der Waals surface area contributed by atoms with Crippen molar-refractivity contribution in [2.45, 2.75) is 189 Å². The Morgan fingerprint density at radius 2 is 0.870 bits per heavy atom. The smallest absolute Gasteiger partial charge is 0.325 e. The molecule has 562 valence electrons. The number of amides is 14. The molecular weight excluding hydrogens is 1320 g/mol. The van der Waals surface area contributed by atoms with Crippen LogP contribution in [0.3, 0.4) is 0 Å². The van der Waals surface area contributed by atoms with Crippen molar-refractivity contribution in [2.75, 3.05) is 45.9 Å². The fraction of sp³-hybridized carbons (Fsp3) is 0.649. The molecule has 0 fully saturated rings. The molecule has 0 saturated carbocycles. The largest absolute Gasteiger partial charge is 0.481 e. The molecule has 14 amide bonds. The third-order valence-corrected chi connectivity index (χ3v) is 14.6. The van der Waals surface area contributed by atoms with Crippen LogP contribution < -0.4 is 115 Å².